The van der Waals surface area contributed by atoms with Crippen LogP contribution >= 0.6 is 11.3 Å². The number of aliphatic hydroxyl groups is 1. The molecular formula is C18H24N2O3S. The molecular weight excluding hydrogens is 324 g/mol. The molecule has 2 aromatic rings. The van der Waals surface area contributed by atoms with E-state index in [1.54, 1.807) is 42.7 Å². The third kappa shape index (κ3) is 5.86. The number of nitrogens with one attached hydrogen (secondary N) is 2. The molecule has 2 rings (SSSR count). The van der Waals surface area contributed by atoms with E-state index in [9.17, 15) is 9.90 Å². The zero-order valence-electron chi connectivity index (χ0n) is 14.0. The summed E-state index contributed by atoms with van der Waals surface area (Å²) >= 11 is 1.73. The van der Waals surface area contributed by atoms with Gasteiger partial charge in [0.1, 0.15) is 5.75 Å². The summed E-state index contributed by atoms with van der Waals surface area (Å²) in [6.45, 7) is 2.87. The second kappa shape index (κ2) is 9.30. The molecule has 0 aliphatic rings. The van der Waals surface area contributed by atoms with Gasteiger partial charge in [-0.25, -0.2) is 4.79 Å². The standard InChI is InChI=1S/C18H24N2O3S/c1-13(10-16-4-3-9-24-16)11-19-18(22)20-12-17(21)14-5-7-15(23-2)8-6-14/h3-9,13,17,21H,10-12H2,1-2H3,(H2,19,20,22). The summed E-state index contributed by atoms with van der Waals surface area (Å²) < 4.78 is 5.08. The van der Waals surface area contributed by atoms with Crippen LogP contribution in [-0.4, -0.2) is 31.3 Å². The van der Waals surface area contributed by atoms with E-state index in [4.69, 9.17) is 4.74 Å². The first-order chi connectivity index (χ1) is 11.6. The number of hydrogen-bond acceptors (Lipinski definition) is 4. The predicted octanol–water partition coefficient (Wildman–Crippen LogP) is 2.97. The van der Waals surface area contributed by atoms with Crippen LogP contribution in [-0.2, 0) is 6.42 Å². The van der Waals surface area contributed by atoms with Crippen molar-refractivity contribution in [1.29, 1.82) is 0 Å². The Balaban J connectivity index is 1.68. The Hall–Kier alpha value is -2.05. The van der Waals surface area contributed by atoms with E-state index in [1.807, 2.05) is 6.07 Å². The van der Waals surface area contributed by atoms with E-state index in [-0.39, 0.29) is 12.6 Å². The SMILES string of the molecule is COc1ccc(C(O)CNC(=O)NCC(C)Cc2cccs2)cc1. The molecule has 0 radical (unpaired) electrons. The summed E-state index contributed by atoms with van der Waals surface area (Å²) in [6, 6.07) is 11.0. The van der Waals surface area contributed by atoms with Gasteiger partial charge in [-0.1, -0.05) is 25.1 Å². The molecule has 0 aliphatic heterocycles. The smallest absolute Gasteiger partial charge is 0.314 e. The summed E-state index contributed by atoms with van der Waals surface area (Å²) in [5, 5.41) is 17.7. The summed E-state index contributed by atoms with van der Waals surface area (Å²) in [4.78, 5) is 13.2. The normalized spacial score (nSPS) is 13.1. The molecule has 130 valence electrons. The van der Waals surface area contributed by atoms with Crippen molar-refractivity contribution in [3.8, 4) is 5.75 Å². The molecule has 2 atom stereocenters. The third-order valence-corrected chi connectivity index (χ3v) is 4.60. The summed E-state index contributed by atoms with van der Waals surface area (Å²) in [6.07, 6.45) is 0.206. The number of benzene rings is 1. The number of amides is 2. The lowest BCUT2D eigenvalue weighted by Gasteiger charge is -2.15. The quantitative estimate of drug-likeness (QED) is 0.687. The molecule has 0 saturated heterocycles. The van der Waals surface area contributed by atoms with E-state index in [2.05, 4.69) is 29.0 Å². The van der Waals surface area contributed by atoms with Crippen molar-refractivity contribution < 1.29 is 14.6 Å². The summed E-state index contributed by atoms with van der Waals surface area (Å²) in [5.41, 5.74) is 0.738. The van der Waals surface area contributed by atoms with Gasteiger partial charge >= 0.3 is 6.03 Å². The maximum Gasteiger partial charge on any atom is 0.314 e. The van der Waals surface area contributed by atoms with Gasteiger partial charge in [0.05, 0.1) is 13.2 Å². The highest BCUT2D eigenvalue weighted by atomic mass is 32.1. The minimum Gasteiger partial charge on any atom is -0.497 e. The lowest BCUT2D eigenvalue weighted by molar-refractivity contribution is 0.173. The predicted molar refractivity (Wildman–Crippen MR) is 96.5 cm³/mol. The molecule has 1 aromatic heterocycles. The second-order valence-corrected chi connectivity index (χ2v) is 6.80. The van der Waals surface area contributed by atoms with Crippen LogP contribution in [0.4, 0.5) is 4.79 Å². The number of carbonyl (C=O) groups excluding carboxylic acids is 1. The van der Waals surface area contributed by atoms with Gasteiger partial charge in [-0.05, 0) is 41.5 Å². The molecule has 0 bridgehead atoms. The lowest BCUT2D eigenvalue weighted by Crippen LogP contribution is -2.39. The van der Waals surface area contributed by atoms with Crippen molar-refractivity contribution in [3.05, 3.63) is 52.2 Å². The van der Waals surface area contributed by atoms with Crippen LogP contribution in [0.2, 0.25) is 0 Å². The van der Waals surface area contributed by atoms with Gasteiger partial charge in [0.25, 0.3) is 0 Å². The van der Waals surface area contributed by atoms with Crippen LogP contribution in [0.3, 0.4) is 0 Å². The lowest BCUT2D eigenvalue weighted by atomic mass is 10.1. The summed E-state index contributed by atoms with van der Waals surface area (Å²) in [7, 11) is 1.59. The number of rotatable bonds is 8. The molecule has 24 heavy (non-hydrogen) atoms. The van der Waals surface area contributed by atoms with E-state index in [1.165, 1.54) is 4.88 Å². The molecule has 1 heterocycles. The zero-order valence-corrected chi connectivity index (χ0v) is 14.8. The number of carbonyl (C=O) groups is 1. The van der Waals surface area contributed by atoms with Crippen LogP contribution in [0.25, 0.3) is 0 Å². The maximum atomic E-state index is 11.8. The van der Waals surface area contributed by atoms with Gasteiger partial charge in [-0.2, -0.15) is 0 Å². The number of hydrogen-bond donors (Lipinski definition) is 3. The fourth-order valence-corrected chi connectivity index (χ4v) is 3.18. The van der Waals surface area contributed by atoms with Gasteiger partial charge in [-0.15, -0.1) is 11.3 Å². The van der Waals surface area contributed by atoms with Crippen molar-refractivity contribution >= 4 is 17.4 Å². The van der Waals surface area contributed by atoms with E-state index in [0.29, 0.717) is 12.5 Å². The third-order valence-electron chi connectivity index (χ3n) is 3.70. The Morgan fingerprint density at radius 2 is 1.92 bits per heavy atom. The minimum absolute atomic E-state index is 0.164. The Kier molecular flexibility index (Phi) is 7.08. The molecule has 0 aliphatic carbocycles. The van der Waals surface area contributed by atoms with Crippen molar-refractivity contribution in [3.63, 3.8) is 0 Å². The molecule has 2 unspecified atom stereocenters. The second-order valence-electron chi connectivity index (χ2n) is 5.77. The van der Waals surface area contributed by atoms with Gasteiger partial charge in [0.15, 0.2) is 0 Å². The first kappa shape index (κ1) is 18.3. The largest absolute Gasteiger partial charge is 0.497 e. The highest BCUT2D eigenvalue weighted by molar-refractivity contribution is 7.09. The minimum atomic E-state index is -0.745. The van der Waals surface area contributed by atoms with Gasteiger partial charge in [0, 0.05) is 18.0 Å². The van der Waals surface area contributed by atoms with Crippen molar-refractivity contribution in [1.82, 2.24) is 10.6 Å². The van der Waals surface area contributed by atoms with Gasteiger partial charge in [0.2, 0.25) is 0 Å². The number of urea groups is 1. The first-order valence-electron chi connectivity index (χ1n) is 7.94. The van der Waals surface area contributed by atoms with Crippen molar-refractivity contribution in [2.24, 2.45) is 5.92 Å². The molecule has 5 nitrogen and oxygen atoms in total. The highest BCUT2D eigenvalue weighted by Crippen LogP contribution is 2.17. The fourth-order valence-electron chi connectivity index (χ4n) is 2.31. The van der Waals surface area contributed by atoms with Crippen LogP contribution in [0.5, 0.6) is 5.75 Å². The molecule has 6 heteroatoms. The van der Waals surface area contributed by atoms with Crippen LogP contribution in [0.1, 0.15) is 23.5 Å². The van der Waals surface area contributed by atoms with Crippen molar-refractivity contribution in [2.45, 2.75) is 19.4 Å². The zero-order chi connectivity index (χ0) is 17.4. The number of aliphatic hydroxyl groups excluding tert-OH is 1. The maximum absolute atomic E-state index is 11.8. The average Bonchev–Trinajstić information content (AvgIpc) is 3.10. The first-order valence-corrected chi connectivity index (χ1v) is 8.82. The Labute approximate surface area is 146 Å². The number of methoxy groups -OCH3 is 1. The monoisotopic (exact) mass is 348 g/mol. The summed E-state index contributed by atoms with van der Waals surface area (Å²) in [5.74, 6) is 1.09. The fraction of sp³-hybridized carbons (Fsp3) is 0.389. The Morgan fingerprint density at radius 3 is 2.54 bits per heavy atom. The van der Waals surface area contributed by atoms with E-state index < -0.39 is 6.10 Å². The van der Waals surface area contributed by atoms with Crippen LogP contribution in [0.15, 0.2) is 41.8 Å². The molecule has 2 amide bonds. The highest BCUT2D eigenvalue weighted by Gasteiger charge is 2.11. The van der Waals surface area contributed by atoms with Crippen molar-refractivity contribution in [2.75, 3.05) is 20.2 Å². The molecule has 3 N–H and O–H groups in total. The van der Waals surface area contributed by atoms with Gasteiger partial charge < -0.3 is 20.5 Å². The van der Waals surface area contributed by atoms with Gasteiger partial charge in [-0.3, -0.25) is 0 Å². The molecule has 0 fully saturated rings. The topological polar surface area (TPSA) is 70.6 Å². The van der Waals surface area contributed by atoms with E-state index >= 15 is 0 Å². The molecule has 1 aromatic carbocycles. The Bertz CT molecular complexity index is 614. The average molecular weight is 348 g/mol. The molecule has 0 saturated carbocycles. The van der Waals surface area contributed by atoms with Crippen LogP contribution < -0.4 is 15.4 Å². The number of thiophene rings is 1. The van der Waals surface area contributed by atoms with Crippen LogP contribution in [0, 0.1) is 5.92 Å². The van der Waals surface area contributed by atoms with E-state index in [0.717, 1.165) is 17.7 Å². The molecule has 0 spiro atoms. The number of ether oxygens (including phenoxy) is 1. The Morgan fingerprint density at radius 1 is 1.21 bits per heavy atom.